The minimum Gasteiger partial charge on any atom is -0.327 e. The van der Waals surface area contributed by atoms with Crippen LogP contribution in [0.25, 0.3) is 0 Å². The van der Waals surface area contributed by atoms with Crippen LogP contribution in [0.5, 0.6) is 0 Å². The van der Waals surface area contributed by atoms with Gasteiger partial charge in [0, 0.05) is 11.6 Å². The fourth-order valence-electron chi connectivity index (χ4n) is 1.91. The van der Waals surface area contributed by atoms with Crippen LogP contribution in [0.2, 0.25) is 5.02 Å². The van der Waals surface area contributed by atoms with Gasteiger partial charge in [-0.1, -0.05) is 23.7 Å². The SMILES string of the molecule is Cc1ccc(C(F)(CN)C2CC2)cc1Cl. The Morgan fingerprint density at radius 1 is 1.53 bits per heavy atom. The molecule has 0 aliphatic heterocycles. The van der Waals surface area contributed by atoms with Crippen LogP contribution >= 0.6 is 11.6 Å². The number of rotatable bonds is 3. The van der Waals surface area contributed by atoms with Crippen molar-refractivity contribution < 1.29 is 4.39 Å². The van der Waals surface area contributed by atoms with E-state index in [1.165, 1.54) is 0 Å². The average Bonchev–Trinajstić information content (AvgIpc) is 3.04. The van der Waals surface area contributed by atoms with Crippen molar-refractivity contribution in [3.8, 4) is 0 Å². The van der Waals surface area contributed by atoms with Crippen LogP contribution in [0.3, 0.4) is 0 Å². The Balaban J connectivity index is 2.38. The molecule has 1 fully saturated rings. The maximum absolute atomic E-state index is 14.6. The lowest BCUT2D eigenvalue weighted by atomic mass is 9.90. The zero-order valence-electron chi connectivity index (χ0n) is 8.76. The lowest BCUT2D eigenvalue weighted by Gasteiger charge is -2.24. The highest BCUT2D eigenvalue weighted by molar-refractivity contribution is 6.31. The van der Waals surface area contributed by atoms with Gasteiger partial charge < -0.3 is 5.73 Å². The van der Waals surface area contributed by atoms with Gasteiger partial charge in [-0.3, -0.25) is 0 Å². The van der Waals surface area contributed by atoms with Crippen LogP contribution in [0.15, 0.2) is 18.2 Å². The fourth-order valence-corrected chi connectivity index (χ4v) is 2.09. The van der Waals surface area contributed by atoms with Crippen molar-refractivity contribution in [3.05, 3.63) is 34.3 Å². The Labute approximate surface area is 94.4 Å². The number of benzene rings is 1. The molecule has 0 aromatic heterocycles. The summed E-state index contributed by atoms with van der Waals surface area (Å²) in [6, 6.07) is 5.36. The van der Waals surface area contributed by atoms with E-state index in [4.69, 9.17) is 17.3 Å². The number of halogens is 2. The van der Waals surface area contributed by atoms with Crippen molar-refractivity contribution in [2.24, 2.45) is 11.7 Å². The molecule has 1 aliphatic rings. The summed E-state index contributed by atoms with van der Waals surface area (Å²) in [4.78, 5) is 0. The number of nitrogens with two attached hydrogens (primary N) is 1. The van der Waals surface area contributed by atoms with Crippen molar-refractivity contribution in [3.63, 3.8) is 0 Å². The molecule has 0 amide bonds. The number of alkyl halides is 1. The topological polar surface area (TPSA) is 26.0 Å². The first-order valence-electron chi connectivity index (χ1n) is 5.23. The molecular formula is C12H15ClFN. The smallest absolute Gasteiger partial charge is 0.150 e. The third-order valence-electron chi connectivity index (χ3n) is 3.17. The van der Waals surface area contributed by atoms with Crippen LogP contribution in [-0.4, -0.2) is 6.54 Å². The molecular weight excluding hydrogens is 213 g/mol. The summed E-state index contributed by atoms with van der Waals surface area (Å²) in [6.45, 7) is 1.95. The summed E-state index contributed by atoms with van der Waals surface area (Å²) >= 11 is 5.99. The van der Waals surface area contributed by atoms with Crippen molar-refractivity contribution in [1.82, 2.24) is 0 Å². The van der Waals surface area contributed by atoms with Gasteiger partial charge in [0.1, 0.15) is 0 Å². The second-order valence-electron chi connectivity index (χ2n) is 4.30. The third-order valence-corrected chi connectivity index (χ3v) is 3.58. The van der Waals surface area contributed by atoms with E-state index in [2.05, 4.69) is 0 Å². The third kappa shape index (κ3) is 1.88. The largest absolute Gasteiger partial charge is 0.327 e. The second kappa shape index (κ2) is 3.76. The Kier molecular flexibility index (Phi) is 2.73. The van der Waals surface area contributed by atoms with Crippen molar-refractivity contribution in [2.45, 2.75) is 25.4 Å². The summed E-state index contributed by atoms with van der Waals surface area (Å²) in [5.74, 6) is 0.0845. The van der Waals surface area contributed by atoms with Gasteiger partial charge in [-0.05, 0) is 42.9 Å². The fraction of sp³-hybridized carbons (Fsp3) is 0.500. The van der Waals surface area contributed by atoms with Gasteiger partial charge in [0.15, 0.2) is 5.67 Å². The maximum Gasteiger partial charge on any atom is 0.150 e. The summed E-state index contributed by atoms with van der Waals surface area (Å²) in [6.07, 6.45) is 1.86. The molecule has 1 saturated carbocycles. The highest BCUT2D eigenvalue weighted by Crippen LogP contribution is 2.48. The van der Waals surface area contributed by atoms with Crippen LogP contribution < -0.4 is 5.73 Å². The molecule has 0 radical (unpaired) electrons. The molecule has 1 unspecified atom stereocenters. The molecule has 1 atom stereocenters. The van der Waals surface area contributed by atoms with E-state index >= 15 is 0 Å². The molecule has 82 valence electrons. The van der Waals surface area contributed by atoms with Gasteiger partial charge in [-0.15, -0.1) is 0 Å². The predicted octanol–water partition coefficient (Wildman–Crippen LogP) is 3.18. The lowest BCUT2D eigenvalue weighted by molar-refractivity contribution is 0.143. The summed E-state index contributed by atoms with van der Waals surface area (Å²) in [5, 5.41) is 0.614. The van der Waals surface area contributed by atoms with Crippen LogP contribution in [-0.2, 0) is 5.67 Å². The van der Waals surface area contributed by atoms with E-state index in [0.717, 1.165) is 18.4 Å². The van der Waals surface area contributed by atoms with E-state index in [1.54, 1.807) is 12.1 Å². The molecule has 1 aromatic carbocycles. The highest BCUT2D eigenvalue weighted by atomic mass is 35.5. The zero-order chi connectivity index (χ0) is 11.1. The van der Waals surface area contributed by atoms with Crippen LogP contribution in [0.1, 0.15) is 24.0 Å². The monoisotopic (exact) mass is 227 g/mol. The van der Waals surface area contributed by atoms with Crippen molar-refractivity contribution in [1.29, 1.82) is 0 Å². The Morgan fingerprint density at radius 3 is 2.67 bits per heavy atom. The Hall–Kier alpha value is -0.600. The maximum atomic E-state index is 14.6. The first-order valence-corrected chi connectivity index (χ1v) is 5.61. The molecule has 0 bridgehead atoms. The second-order valence-corrected chi connectivity index (χ2v) is 4.71. The van der Waals surface area contributed by atoms with Gasteiger partial charge >= 0.3 is 0 Å². The first kappa shape index (κ1) is 10.9. The lowest BCUT2D eigenvalue weighted by Crippen LogP contribution is -2.32. The Bertz CT molecular complexity index is 376. The molecule has 0 spiro atoms. The Morgan fingerprint density at radius 2 is 2.20 bits per heavy atom. The molecule has 1 nitrogen and oxygen atoms in total. The van der Waals surface area contributed by atoms with Gasteiger partial charge in [-0.25, -0.2) is 4.39 Å². The number of hydrogen-bond acceptors (Lipinski definition) is 1. The summed E-state index contributed by atoms with van der Waals surface area (Å²) < 4.78 is 14.6. The molecule has 15 heavy (non-hydrogen) atoms. The van der Waals surface area contributed by atoms with Gasteiger partial charge in [0.05, 0.1) is 0 Å². The molecule has 2 rings (SSSR count). The highest BCUT2D eigenvalue weighted by Gasteiger charge is 2.46. The van der Waals surface area contributed by atoms with Gasteiger partial charge in [0.2, 0.25) is 0 Å². The number of hydrogen-bond donors (Lipinski definition) is 1. The molecule has 0 saturated heterocycles. The molecule has 1 aliphatic carbocycles. The predicted molar refractivity (Wildman–Crippen MR) is 60.8 cm³/mol. The number of aryl methyl sites for hydroxylation is 1. The van der Waals surface area contributed by atoms with E-state index in [1.807, 2.05) is 13.0 Å². The standard InChI is InChI=1S/C12H15ClFN/c1-8-2-3-10(6-11(8)13)12(14,7-15)9-4-5-9/h2-3,6,9H,4-5,7,15H2,1H3. The van der Waals surface area contributed by atoms with Gasteiger partial charge in [-0.2, -0.15) is 0 Å². The molecule has 1 aromatic rings. The minimum absolute atomic E-state index is 0.0387. The van der Waals surface area contributed by atoms with E-state index < -0.39 is 5.67 Å². The average molecular weight is 228 g/mol. The molecule has 3 heteroatoms. The van der Waals surface area contributed by atoms with E-state index in [9.17, 15) is 4.39 Å². The first-order chi connectivity index (χ1) is 7.08. The summed E-state index contributed by atoms with van der Waals surface area (Å²) in [7, 11) is 0. The van der Waals surface area contributed by atoms with E-state index in [0.29, 0.717) is 10.6 Å². The summed E-state index contributed by atoms with van der Waals surface area (Å²) in [5.41, 5.74) is 5.77. The van der Waals surface area contributed by atoms with Crippen LogP contribution in [0, 0.1) is 12.8 Å². The van der Waals surface area contributed by atoms with E-state index in [-0.39, 0.29) is 12.5 Å². The van der Waals surface area contributed by atoms with Gasteiger partial charge in [0.25, 0.3) is 0 Å². The zero-order valence-corrected chi connectivity index (χ0v) is 9.52. The molecule has 2 N–H and O–H groups in total. The minimum atomic E-state index is -1.38. The molecule has 0 heterocycles. The van der Waals surface area contributed by atoms with Crippen LogP contribution in [0.4, 0.5) is 4.39 Å². The quantitative estimate of drug-likeness (QED) is 0.844. The van der Waals surface area contributed by atoms with Crippen molar-refractivity contribution >= 4 is 11.6 Å². The normalized spacial score (nSPS) is 20.0. The van der Waals surface area contributed by atoms with Crippen molar-refractivity contribution in [2.75, 3.05) is 6.54 Å².